The van der Waals surface area contributed by atoms with E-state index in [0.29, 0.717) is 11.4 Å². The molecule has 3 aromatic carbocycles. The molecule has 0 amide bonds. The number of nitrogens with one attached hydrogen (secondary N) is 2. The van der Waals surface area contributed by atoms with Gasteiger partial charge in [-0.15, -0.1) is 0 Å². The SMILES string of the molecule is COc1ccc(S(=O)(=O)Nc2ccc(S(=O)(=O)Nc3ccc(C)cc3C)cc2)cc1OC. The van der Waals surface area contributed by atoms with Crippen molar-refractivity contribution in [2.75, 3.05) is 23.7 Å². The van der Waals surface area contributed by atoms with E-state index in [9.17, 15) is 16.8 Å². The molecule has 0 radical (unpaired) electrons. The van der Waals surface area contributed by atoms with Gasteiger partial charge >= 0.3 is 0 Å². The van der Waals surface area contributed by atoms with Gasteiger partial charge in [0.15, 0.2) is 11.5 Å². The fourth-order valence-corrected chi connectivity index (χ4v) is 5.24. The normalized spacial score (nSPS) is 11.6. The number of aryl methyl sites for hydroxylation is 2. The summed E-state index contributed by atoms with van der Waals surface area (Å²) in [5.41, 5.74) is 2.52. The molecule has 0 saturated heterocycles. The first-order chi connectivity index (χ1) is 15.1. The van der Waals surface area contributed by atoms with E-state index < -0.39 is 20.0 Å². The highest BCUT2D eigenvalue weighted by molar-refractivity contribution is 7.93. The summed E-state index contributed by atoms with van der Waals surface area (Å²) in [5.74, 6) is 0.673. The van der Waals surface area contributed by atoms with Gasteiger partial charge in [-0.25, -0.2) is 16.8 Å². The van der Waals surface area contributed by atoms with Gasteiger partial charge in [-0.05, 0) is 61.9 Å². The van der Waals surface area contributed by atoms with Crippen molar-refractivity contribution in [2.24, 2.45) is 0 Å². The lowest BCUT2D eigenvalue weighted by molar-refractivity contribution is 0.354. The van der Waals surface area contributed by atoms with Crippen LogP contribution in [0.2, 0.25) is 0 Å². The van der Waals surface area contributed by atoms with Crippen molar-refractivity contribution in [3.8, 4) is 11.5 Å². The molecule has 0 bridgehead atoms. The maximum absolute atomic E-state index is 12.7. The summed E-state index contributed by atoms with van der Waals surface area (Å²) in [5, 5.41) is 0. The van der Waals surface area contributed by atoms with Gasteiger partial charge in [0.25, 0.3) is 20.0 Å². The van der Waals surface area contributed by atoms with E-state index in [1.807, 2.05) is 26.0 Å². The maximum Gasteiger partial charge on any atom is 0.262 e. The Balaban J connectivity index is 1.80. The number of anilines is 2. The third-order valence-corrected chi connectivity index (χ3v) is 7.47. The van der Waals surface area contributed by atoms with Crippen LogP contribution < -0.4 is 18.9 Å². The number of benzene rings is 3. The van der Waals surface area contributed by atoms with Gasteiger partial charge in [-0.2, -0.15) is 0 Å². The molecule has 170 valence electrons. The summed E-state index contributed by atoms with van der Waals surface area (Å²) >= 11 is 0. The molecule has 0 aliphatic rings. The van der Waals surface area contributed by atoms with Gasteiger partial charge in [0.2, 0.25) is 0 Å². The molecule has 0 heterocycles. The van der Waals surface area contributed by atoms with Gasteiger partial charge in [0.05, 0.1) is 29.7 Å². The summed E-state index contributed by atoms with van der Waals surface area (Å²) in [6, 6.07) is 15.0. The predicted molar refractivity (Wildman–Crippen MR) is 124 cm³/mol. The van der Waals surface area contributed by atoms with Crippen molar-refractivity contribution in [3.05, 3.63) is 71.8 Å². The van der Waals surface area contributed by atoms with E-state index in [2.05, 4.69) is 9.44 Å². The number of hydrogen-bond donors (Lipinski definition) is 2. The minimum Gasteiger partial charge on any atom is -0.493 e. The monoisotopic (exact) mass is 476 g/mol. The molecule has 0 atom stereocenters. The summed E-state index contributed by atoms with van der Waals surface area (Å²) in [4.78, 5) is -0.0186. The van der Waals surface area contributed by atoms with E-state index >= 15 is 0 Å². The Morgan fingerprint density at radius 1 is 0.656 bits per heavy atom. The second kappa shape index (κ2) is 9.09. The van der Waals surface area contributed by atoms with E-state index in [4.69, 9.17) is 9.47 Å². The lowest BCUT2D eigenvalue weighted by Gasteiger charge is -2.13. The molecule has 0 aliphatic carbocycles. The molecule has 0 spiro atoms. The molecule has 8 nitrogen and oxygen atoms in total. The maximum atomic E-state index is 12.7. The van der Waals surface area contributed by atoms with Crippen LogP contribution in [0, 0.1) is 13.8 Å². The molecule has 0 aliphatic heterocycles. The topological polar surface area (TPSA) is 111 Å². The van der Waals surface area contributed by atoms with Gasteiger partial charge in [-0.3, -0.25) is 9.44 Å². The Kier molecular flexibility index (Phi) is 6.65. The van der Waals surface area contributed by atoms with Crippen molar-refractivity contribution in [1.29, 1.82) is 0 Å². The second-order valence-electron chi connectivity index (χ2n) is 7.07. The summed E-state index contributed by atoms with van der Waals surface area (Å²) < 4.78 is 66.1. The molecule has 0 unspecified atom stereocenters. The predicted octanol–water partition coefficient (Wildman–Crippen LogP) is 3.92. The van der Waals surface area contributed by atoms with E-state index in [1.54, 1.807) is 6.07 Å². The molecule has 0 saturated carbocycles. The smallest absolute Gasteiger partial charge is 0.262 e. The molecule has 0 fully saturated rings. The van der Waals surface area contributed by atoms with Crippen LogP contribution in [-0.4, -0.2) is 31.1 Å². The highest BCUT2D eigenvalue weighted by Gasteiger charge is 2.19. The average molecular weight is 477 g/mol. The third kappa shape index (κ3) is 5.14. The van der Waals surface area contributed by atoms with Gasteiger partial charge in [0.1, 0.15) is 0 Å². The van der Waals surface area contributed by atoms with E-state index in [-0.39, 0.29) is 21.2 Å². The molecule has 2 N–H and O–H groups in total. The van der Waals surface area contributed by atoms with Crippen LogP contribution in [0.15, 0.2) is 70.5 Å². The molecule has 0 aromatic heterocycles. The fraction of sp³-hybridized carbons (Fsp3) is 0.182. The first kappa shape index (κ1) is 23.4. The van der Waals surface area contributed by atoms with Crippen LogP contribution in [0.4, 0.5) is 11.4 Å². The first-order valence-electron chi connectivity index (χ1n) is 9.51. The Morgan fingerprint density at radius 3 is 1.84 bits per heavy atom. The van der Waals surface area contributed by atoms with Crippen molar-refractivity contribution in [2.45, 2.75) is 23.6 Å². The van der Waals surface area contributed by atoms with Crippen LogP contribution in [0.1, 0.15) is 11.1 Å². The Morgan fingerprint density at radius 2 is 1.25 bits per heavy atom. The van der Waals surface area contributed by atoms with Crippen LogP contribution in [0.3, 0.4) is 0 Å². The van der Waals surface area contributed by atoms with Crippen LogP contribution in [0.25, 0.3) is 0 Å². The number of rotatable bonds is 8. The van der Waals surface area contributed by atoms with E-state index in [1.165, 1.54) is 56.7 Å². The van der Waals surface area contributed by atoms with Crippen LogP contribution in [-0.2, 0) is 20.0 Å². The molecule has 32 heavy (non-hydrogen) atoms. The highest BCUT2D eigenvalue weighted by Crippen LogP contribution is 2.30. The van der Waals surface area contributed by atoms with Gasteiger partial charge in [0, 0.05) is 11.8 Å². The second-order valence-corrected chi connectivity index (χ2v) is 10.4. The van der Waals surface area contributed by atoms with Gasteiger partial charge in [-0.1, -0.05) is 17.7 Å². The summed E-state index contributed by atoms with van der Waals surface area (Å²) in [6.07, 6.45) is 0. The van der Waals surface area contributed by atoms with Gasteiger partial charge < -0.3 is 9.47 Å². The van der Waals surface area contributed by atoms with Crippen molar-refractivity contribution < 1.29 is 26.3 Å². The zero-order chi connectivity index (χ0) is 23.5. The standard InChI is InChI=1S/C22H24N2O6S2/c1-15-5-11-20(16(2)13-15)24-31(25,26)18-8-6-17(7-9-18)23-32(27,28)19-10-12-21(29-3)22(14-19)30-4/h5-14,23-24H,1-4H3. The van der Waals surface area contributed by atoms with Crippen molar-refractivity contribution >= 4 is 31.4 Å². The fourth-order valence-electron chi connectivity index (χ4n) is 3.03. The molecule has 3 aromatic rings. The Labute approximate surface area is 188 Å². The Bertz CT molecular complexity index is 1340. The minimum absolute atomic E-state index is 0.00606. The molecular formula is C22H24N2O6S2. The zero-order valence-electron chi connectivity index (χ0n) is 18.0. The molecule has 10 heteroatoms. The average Bonchev–Trinajstić information content (AvgIpc) is 2.75. The van der Waals surface area contributed by atoms with Crippen molar-refractivity contribution in [1.82, 2.24) is 0 Å². The third-order valence-electron chi connectivity index (χ3n) is 4.71. The molecular weight excluding hydrogens is 452 g/mol. The largest absolute Gasteiger partial charge is 0.493 e. The quantitative estimate of drug-likeness (QED) is 0.510. The highest BCUT2D eigenvalue weighted by atomic mass is 32.2. The lowest BCUT2D eigenvalue weighted by Crippen LogP contribution is -2.15. The summed E-state index contributed by atoms with van der Waals surface area (Å²) in [7, 11) is -4.90. The van der Waals surface area contributed by atoms with Crippen molar-refractivity contribution in [3.63, 3.8) is 0 Å². The lowest BCUT2D eigenvalue weighted by atomic mass is 10.1. The first-order valence-corrected chi connectivity index (χ1v) is 12.5. The number of hydrogen-bond acceptors (Lipinski definition) is 6. The van der Waals surface area contributed by atoms with Crippen LogP contribution in [0.5, 0.6) is 11.5 Å². The Hall–Kier alpha value is -3.24. The number of sulfonamides is 2. The minimum atomic E-state index is -3.93. The number of methoxy groups -OCH3 is 2. The number of ether oxygens (including phenoxy) is 2. The summed E-state index contributed by atoms with van der Waals surface area (Å²) in [6.45, 7) is 3.74. The van der Waals surface area contributed by atoms with E-state index in [0.717, 1.165) is 11.1 Å². The van der Waals surface area contributed by atoms with Crippen LogP contribution >= 0.6 is 0 Å². The zero-order valence-corrected chi connectivity index (χ0v) is 19.7. The molecule has 3 rings (SSSR count).